The van der Waals surface area contributed by atoms with Gasteiger partial charge in [-0.05, 0) is 30.7 Å². The van der Waals surface area contributed by atoms with Gasteiger partial charge >= 0.3 is 12.1 Å². The molecular formula is C16H14F3N3O3. The van der Waals surface area contributed by atoms with Crippen LogP contribution in [0.3, 0.4) is 0 Å². The SMILES string of the molecule is COC(=O)c1n[nH]c2c1CCN(C(=O)c1ccc(C(F)(F)F)cc1)C2. The van der Waals surface area contributed by atoms with Gasteiger partial charge in [0.2, 0.25) is 0 Å². The minimum absolute atomic E-state index is 0.171. The second-order valence-electron chi connectivity index (χ2n) is 5.57. The van der Waals surface area contributed by atoms with E-state index in [0.717, 1.165) is 24.3 Å². The summed E-state index contributed by atoms with van der Waals surface area (Å²) in [6.07, 6.45) is -4.04. The number of carbonyl (C=O) groups is 2. The minimum Gasteiger partial charge on any atom is -0.464 e. The number of nitrogens with zero attached hydrogens (tertiary/aromatic N) is 2. The van der Waals surface area contributed by atoms with Crippen molar-refractivity contribution in [1.82, 2.24) is 15.1 Å². The first-order valence-corrected chi connectivity index (χ1v) is 7.42. The van der Waals surface area contributed by atoms with E-state index in [-0.39, 0.29) is 23.7 Å². The highest BCUT2D eigenvalue weighted by molar-refractivity contribution is 5.94. The van der Waals surface area contributed by atoms with Crippen LogP contribution in [-0.2, 0) is 23.9 Å². The lowest BCUT2D eigenvalue weighted by molar-refractivity contribution is -0.137. The van der Waals surface area contributed by atoms with Crippen molar-refractivity contribution in [3.05, 3.63) is 52.3 Å². The largest absolute Gasteiger partial charge is 0.464 e. The van der Waals surface area contributed by atoms with Crippen LogP contribution >= 0.6 is 0 Å². The number of aromatic amines is 1. The molecule has 0 unspecified atom stereocenters. The van der Waals surface area contributed by atoms with Crippen LogP contribution < -0.4 is 0 Å². The number of esters is 1. The highest BCUT2D eigenvalue weighted by atomic mass is 19.4. The molecule has 2 heterocycles. The zero-order valence-corrected chi connectivity index (χ0v) is 13.2. The molecule has 1 N–H and O–H groups in total. The molecule has 9 heteroatoms. The molecule has 1 aromatic carbocycles. The summed E-state index contributed by atoms with van der Waals surface area (Å²) in [6.45, 7) is 0.523. The van der Waals surface area contributed by atoms with E-state index in [1.165, 1.54) is 12.0 Å². The maximum absolute atomic E-state index is 12.6. The number of methoxy groups -OCH3 is 1. The average Bonchev–Trinajstić information content (AvgIpc) is 3.03. The lowest BCUT2D eigenvalue weighted by atomic mass is 10.0. The number of halogens is 3. The van der Waals surface area contributed by atoms with Gasteiger partial charge in [0.15, 0.2) is 5.69 Å². The topological polar surface area (TPSA) is 75.3 Å². The van der Waals surface area contributed by atoms with Gasteiger partial charge in [-0.1, -0.05) is 0 Å². The second kappa shape index (κ2) is 6.23. The molecule has 25 heavy (non-hydrogen) atoms. The summed E-state index contributed by atoms with van der Waals surface area (Å²) in [5, 5.41) is 6.62. The number of H-pyrrole nitrogens is 1. The summed E-state index contributed by atoms with van der Waals surface area (Å²) in [5.74, 6) is -0.936. The Morgan fingerprint density at radius 2 is 1.92 bits per heavy atom. The van der Waals surface area contributed by atoms with E-state index in [2.05, 4.69) is 14.9 Å². The van der Waals surface area contributed by atoms with Crippen LogP contribution in [0.4, 0.5) is 13.2 Å². The van der Waals surface area contributed by atoms with E-state index in [1.54, 1.807) is 0 Å². The quantitative estimate of drug-likeness (QED) is 0.842. The highest BCUT2D eigenvalue weighted by Crippen LogP contribution is 2.29. The predicted octanol–water partition coefficient (Wildman–Crippen LogP) is 2.41. The fourth-order valence-corrected chi connectivity index (χ4v) is 2.74. The van der Waals surface area contributed by atoms with E-state index >= 15 is 0 Å². The number of aromatic nitrogens is 2. The van der Waals surface area contributed by atoms with Crippen molar-refractivity contribution in [2.24, 2.45) is 0 Å². The standard InChI is InChI=1S/C16H14F3N3O3/c1-25-15(24)13-11-6-7-22(8-12(11)20-21-13)14(23)9-2-4-10(5-3-9)16(17,18)19/h2-5H,6-8H2,1H3,(H,20,21). The third kappa shape index (κ3) is 3.21. The molecule has 1 aromatic heterocycles. The van der Waals surface area contributed by atoms with Gasteiger partial charge in [0.05, 0.1) is 24.9 Å². The Morgan fingerprint density at radius 1 is 1.24 bits per heavy atom. The molecular weight excluding hydrogens is 339 g/mol. The molecule has 6 nitrogen and oxygen atoms in total. The number of benzene rings is 1. The zero-order valence-electron chi connectivity index (χ0n) is 13.2. The molecule has 132 valence electrons. The summed E-state index contributed by atoms with van der Waals surface area (Å²) in [6, 6.07) is 4.09. The number of nitrogens with one attached hydrogen (secondary N) is 1. The zero-order chi connectivity index (χ0) is 18.2. The molecule has 3 rings (SSSR count). The van der Waals surface area contributed by atoms with Gasteiger partial charge in [-0.25, -0.2) is 4.79 Å². The molecule has 0 radical (unpaired) electrons. The Kier molecular flexibility index (Phi) is 4.23. The van der Waals surface area contributed by atoms with Crippen LogP contribution in [0.2, 0.25) is 0 Å². The van der Waals surface area contributed by atoms with Gasteiger partial charge < -0.3 is 9.64 Å². The first-order chi connectivity index (χ1) is 11.8. The van der Waals surface area contributed by atoms with Crippen LogP contribution in [0.15, 0.2) is 24.3 Å². The minimum atomic E-state index is -4.44. The third-order valence-corrected chi connectivity index (χ3v) is 4.06. The van der Waals surface area contributed by atoms with Crippen LogP contribution in [-0.4, -0.2) is 40.6 Å². The normalized spacial score (nSPS) is 14.2. The molecule has 0 saturated carbocycles. The number of rotatable bonds is 2. The van der Waals surface area contributed by atoms with Crippen LogP contribution in [0.5, 0.6) is 0 Å². The number of amides is 1. The highest BCUT2D eigenvalue weighted by Gasteiger charge is 2.31. The lowest BCUT2D eigenvalue weighted by Gasteiger charge is -2.27. The van der Waals surface area contributed by atoms with Gasteiger partial charge in [-0.15, -0.1) is 0 Å². The summed E-state index contributed by atoms with van der Waals surface area (Å²) in [7, 11) is 1.26. The first kappa shape index (κ1) is 17.0. The predicted molar refractivity (Wildman–Crippen MR) is 79.8 cm³/mol. The van der Waals surface area contributed by atoms with Crippen LogP contribution in [0.1, 0.15) is 37.7 Å². The van der Waals surface area contributed by atoms with E-state index in [4.69, 9.17) is 0 Å². The van der Waals surface area contributed by atoms with Crippen molar-refractivity contribution in [3.63, 3.8) is 0 Å². The van der Waals surface area contributed by atoms with E-state index in [9.17, 15) is 22.8 Å². The van der Waals surface area contributed by atoms with Crippen molar-refractivity contribution in [1.29, 1.82) is 0 Å². The molecule has 0 bridgehead atoms. The summed E-state index contributed by atoms with van der Waals surface area (Å²) in [5.41, 5.74) is 0.875. The smallest absolute Gasteiger partial charge is 0.416 e. The number of fused-ring (bicyclic) bond motifs is 1. The lowest BCUT2D eigenvalue weighted by Crippen LogP contribution is -2.36. The summed E-state index contributed by atoms with van der Waals surface area (Å²) in [4.78, 5) is 25.6. The van der Waals surface area contributed by atoms with Crippen molar-refractivity contribution >= 4 is 11.9 Å². The summed E-state index contributed by atoms with van der Waals surface area (Å²) >= 11 is 0. The van der Waals surface area contributed by atoms with Gasteiger partial charge in [-0.2, -0.15) is 18.3 Å². The number of alkyl halides is 3. The molecule has 1 aliphatic rings. The number of carbonyl (C=O) groups excluding carboxylic acids is 2. The van der Waals surface area contributed by atoms with Crippen LogP contribution in [0, 0.1) is 0 Å². The number of hydrogen-bond acceptors (Lipinski definition) is 4. The fourth-order valence-electron chi connectivity index (χ4n) is 2.74. The molecule has 0 saturated heterocycles. The molecule has 1 aliphatic heterocycles. The molecule has 1 amide bonds. The Labute approximate surface area is 140 Å². The average molecular weight is 353 g/mol. The summed E-state index contributed by atoms with van der Waals surface area (Å²) < 4.78 is 42.4. The molecule has 0 atom stereocenters. The Hall–Kier alpha value is -2.84. The number of hydrogen-bond donors (Lipinski definition) is 1. The van der Waals surface area contributed by atoms with Crippen molar-refractivity contribution < 1.29 is 27.5 Å². The maximum atomic E-state index is 12.6. The van der Waals surface area contributed by atoms with Gasteiger partial charge in [0.25, 0.3) is 5.91 Å². The third-order valence-electron chi connectivity index (χ3n) is 4.06. The fraction of sp³-hybridized carbons (Fsp3) is 0.312. The van der Waals surface area contributed by atoms with Crippen LogP contribution in [0.25, 0.3) is 0 Å². The van der Waals surface area contributed by atoms with Crippen molar-refractivity contribution in [3.8, 4) is 0 Å². The molecule has 0 aliphatic carbocycles. The first-order valence-electron chi connectivity index (χ1n) is 7.42. The van der Waals surface area contributed by atoms with Gasteiger partial charge in [0, 0.05) is 17.7 Å². The second-order valence-corrected chi connectivity index (χ2v) is 5.57. The van der Waals surface area contributed by atoms with Gasteiger partial charge in [0.1, 0.15) is 0 Å². The Bertz CT molecular complexity index is 812. The van der Waals surface area contributed by atoms with E-state index in [1.807, 2.05) is 0 Å². The Morgan fingerprint density at radius 3 is 2.52 bits per heavy atom. The van der Waals surface area contributed by atoms with E-state index in [0.29, 0.717) is 24.2 Å². The molecule has 0 fully saturated rings. The van der Waals surface area contributed by atoms with E-state index < -0.39 is 17.7 Å². The maximum Gasteiger partial charge on any atom is 0.416 e. The van der Waals surface area contributed by atoms with Gasteiger partial charge in [-0.3, -0.25) is 9.89 Å². The Balaban J connectivity index is 1.77. The number of ether oxygens (including phenoxy) is 1. The monoisotopic (exact) mass is 353 g/mol. The molecule has 2 aromatic rings. The van der Waals surface area contributed by atoms with Crippen molar-refractivity contribution in [2.45, 2.75) is 19.1 Å². The van der Waals surface area contributed by atoms with Crippen molar-refractivity contribution in [2.75, 3.05) is 13.7 Å². The molecule has 0 spiro atoms.